The van der Waals surface area contributed by atoms with Gasteiger partial charge in [0.2, 0.25) is 0 Å². The van der Waals surface area contributed by atoms with Crippen LogP contribution < -0.4 is 5.73 Å². The Bertz CT molecular complexity index is 508. The van der Waals surface area contributed by atoms with Gasteiger partial charge in [0.1, 0.15) is 0 Å². The third-order valence-corrected chi connectivity index (χ3v) is 3.74. The quantitative estimate of drug-likeness (QED) is 0.630. The Morgan fingerprint density at radius 3 is 3.15 bits per heavy atom. The van der Waals surface area contributed by atoms with Crippen LogP contribution in [0.5, 0.6) is 0 Å². The van der Waals surface area contributed by atoms with Crippen molar-refractivity contribution in [1.82, 2.24) is 0 Å². The third-order valence-electron chi connectivity index (χ3n) is 2.45. The molecule has 2 N–H and O–H groups in total. The van der Waals surface area contributed by atoms with Gasteiger partial charge in [-0.25, -0.2) is 0 Å². The predicted molar refractivity (Wildman–Crippen MR) is 59.0 cm³/mol. The number of rotatable bonds is 0. The van der Waals surface area contributed by atoms with Gasteiger partial charge >= 0.3 is 0 Å². The van der Waals surface area contributed by atoms with E-state index >= 15 is 0 Å². The lowest BCUT2D eigenvalue weighted by atomic mass is 10.1. The third kappa shape index (κ3) is 0.864. The molecular formula is C11H9NS. The Kier molecular flexibility index (Phi) is 1.30. The molecule has 0 saturated carbocycles. The average Bonchev–Trinajstić information content (AvgIpc) is 2.65. The smallest absolute Gasteiger partial charge is 0.0581 e. The second kappa shape index (κ2) is 2.36. The highest BCUT2D eigenvalue weighted by Crippen LogP contribution is 2.38. The summed E-state index contributed by atoms with van der Waals surface area (Å²) in [5.41, 5.74) is 8.19. The van der Waals surface area contributed by atoms with Gasteiger partial charge in [0.15, 0.2) is 0 Å². The molecule has 0 aliphatic heterocycles. The van der Waals surface area contributed by atoms with E-state index in [4.69, 9.17) is 5.73 Å². The first-order valence-corrected chi connectivity index (χ1v) is 5.14. The van der Waals surface area contributed by atoms with Gasteiger partial charge in [-0.05, 0) is 11.6 Å². The molecule has 0 unspecified atom stereocenters. The van der Waals surface area contributed by atoms with Gasteiger partial charge in [0.05, 0.1) is 4.70 Å². The first-order chi connectivity index (χ1) is 6.36. The number of allylic oxidation sites excluding steroid dienone is 1. The molecule has 0 fully saturated rings. The Balaban J connectivity index is 2.51. The molecule has 2 aromatic rings. The lowest BCUT2D eigenvalue weighted by molar-refractivity contribution is 1.40. The molecule has 13 heavy (non-hydrogen) atoms. The van der Waals surface area contributed by atoms with Crippen LogP contribution in [-0.4, -0.2) is 0 Å². The SMILES string of the molecule is Nc1cccc2c3c(sc12)CC=C3. The molecule has 0 radical (unpaired) electrons. The number of hydrogen-bond donors (Lipinski definition) is 1. The van der Waals surface area contributed by atoms with Gasteiger partial charge in [0, 0.05) is 22.4 Å². The maximum absolute atomic E-state index is 5.90. The summed E-state index contributed by atoms with van der Waals surface area (Å²) in [4.78, 5) is 1.45. The molecule has 0 saturated heterocycles. The van der Waals surface area contributed by atoms with E-state index in [0.29, 0.717) is 0 Å². The zero-order valence-electron chi connectivity index (χ0n) is 7.08. The highest BCUT2D eigenvalue weighted by Gasteiger charge is 2.13. The van der Waals surface area contributed by atoms with Crippen molar-refractivity contribution in [3.8, 4) is 0 Å². The fourth-order valence-corrected chi connectivity index (χ4v) is 3.02. The number of thiophene rings is 1. The minimum Gasteiger partial charge on any atom is -0.398 e. The minimum absolute atomic E-state index is 0.908. The number of nitrogens with two attached hydrogens (primary N) is 1. The second-order valence-corrected chi connectivity index (χ2v) is 4.37. The van der Waals surface area contributed by atoms with Crippen LogP contribution in [0.25, 0.3) is 16.2 Å². The molecule has 1 aromatic carbocycles. The van der Waals surface area contributed by atoms with Crippen molar-refractivity contribution in [1.29, 1.82) is 0 Å². The summed E-state index contributed by atoms with van der Waals surface area (Å²) < 4.78 is 1.25. The zero-order chi connectivity index (χ0) is 8.84. The molecule has 3 rings (SSSR count). The van der Waals surface area contributed by atoms with Crippen molar-refractivity contribution in [2.45, 2.75) is 6.42 Å². The molecular weight excluding hydrogens is 178 g/mol. The summed E-state index contributed by atoms with van der Waals surface area (Å²) in [6.07, 6.45) is 5.49. The van der Waals surface area contributed by atoms with Crippen LogP contribution in [-0.2, 0) is 6.42 Å². The van der Waals surface area contributed by atoms with Crippen LogP contribution >= 0.6 is 11.3 Å². The summed E-state index contributed by atoms with van der Waals surface area (Å²) in [5, 5.41) is 1.31. The van der Waals surface area contributed by atoms with Gasteiger partial charge in [-0.15, -0.1) is 11.3 Å². The second-order valence-electron chi connectivity index (χ2n) is 3.27. The van der Waals surface area contributed by atoms with Crippen LogP contribution in [0.1, 0.15) is 10.4 Å². The summed E-state index contributed by atoms with van der Waals surface area (Å²) in [6, 6.07) is 6.14. The summed E-state index contributed by atoms with van der Waals surface area (Å²) in [5.74, 6) is 0. The van der Waals surface area contributed by atoms with E-state index in [2.05, 4.69) is 18.2 Å². The Morgan fingerprint density at radius 1 is 1.31 bits per heavy atom. The molecule has 1 aromatic heterocycles. The van der Waals surface area contributed by atoms with E-state index in [1.54, 1.807) is 0 Å². The molecule has 64 valence electrons. The van der Waals surface area contributed by atoms with E-state index in [-0.39, 0.29) is 0 Å². The molecule has 2 heteroatoms. The maximum Gasteiger partial charge on any atom is 0.0581 e. The van der Waals surface area contributed by atoms with Crippen LogP contribution in [0, 0.1) is 0 Å². The molecule has 1 nitrogen and oxygen atoms in total. The van der Waals surface area contributed by atoms with Crippen LogP contribution in [0.2, 0.25) is 0 Å². The average molecular weight is 187 g/mol. The van der Waals surface area contributed by atoms with Crippen molar-refractivity contribution in [2.75, 3.05) is 5.73 Å². The van der Waals surface area contributed by atoms with Crippen LogP contribution in [0.15, 0.2) is 24.3 Å². The minimum atomic E-state index is 0.908. The van der Waals surface area contributed by atoms with E-state index in [0.717, 1.165) is 12.1 Å². The number of hydrogen-bond acceptors (Lipinski definition) is 2. The lowest BCUT2D eigenvalue weighted by Crippen LogP contribution is -1.82. The normalized spacial score (nSPS) is 13.8. The van der Waals surface area contributed by atoms with Crippen molar-refractivity contribution < 1.29 is 0 Å². The first-order valence-electron chi connectivity index (χ1n) is 4.32. The van der Waals surface area contributed by atoms with Crippen LogP contribution in [0.4, 0.5) is 5.69 Å². The van der Waals surface area contributed by atoms with Crippen molar-refractivity contribution in [2.24, 2.45) is 0 Å². The fourth-order valence-electron chi connectivity index (χ4n) is 1.83. The molecule has 0 spiro atoms. The number of anilines is 1. The first kappa shape index (κ1) is 7.15. The Labute approximate surface area is 80.5 Å². The van der Waals surface area contributed by atoms with E-state index in [1.165, 1.54) is 20.5 Å². The van der Waals surface area contributed by atoms with Gasteiger partial charge in [0.25, 0.3) is 0 Å². The summed E-state index contributed by atoms with van der Waals surface area (Å²) >= 11 is 1.83. The van der Waals surface area contributed by atoms with Crippen molar-refractivity contribution in [3.63, 3.8) is 0 Å². The van der Waals surface area contributed by atoms with E-state index in [1.807, 2.05) is 23.5 Å². The van der Waals surface area contributed by atoms with Gasteiger partial charge in [-0.2, -0.15) is 0 Å². The largest absolute Gasteiger partial charge is 0.398 e. The number of benzene rings is 1. The Hall–Kier alpha value is -1.28. The van der Waals surface area contributed by atoms with Crippen molar-refractivity contribution >= 4 is 33.2 Å². The Morgan fingerprint density at radius 2 is 2.23 bits per heavy atom. The topological polar surface area (TPSA) is 26.0 Å². The van der Waals surface area contributed by atoms with Gasteiger partial charge in [-0.3, -0.25) is 0 Å². The monoisotopic (exact) mass is 187 g/mol. The molecule has 0 atom stereocenters. The number of fused-ring (bicyclic) bond motifs is 3. The van der Waals surface area contributed by atoms with Crippen molar-refractivity contribution in [3.05, 3.63) is 34.7 Å². The standard InChI is InChI=1S/C11H9NS/c12-9-5-1-4-8-7-3-2-6-10(7)13-11(8)9/h1-5H,6,12H2. The zero-order valence-corrected chi connectivity index (χ0v) is 7.90. The van der Waals surface area contributed by atoms with Crippen LogP contribution in [0.3, 0.4) is 0 Å². The van der Waals surface area contributed by atoms with Gasteiger partial charge < -0.3 is 5.73 Å². The van der Waals surface area contributed by atoms with Gasteiger partial charge in [-0.1, -0.05) is 24.3 Å². The van der Waals surface area contributed by atoms with E-state index in [9.17, 15) is 0 Å². The fraction of sp³-hybridized carbons (Fsp3) is 0.0909. The molecule has 1 aliphatic rings. The molecule has 0 amide bonds. The highest BCUT2D eigenvalue weighted by atomic mass is 32.1. The molecule has 0 bridgehead atoms. The molecule has 1 aliphatic carbocycles. The highest BCUT2D eigenvalue weighted by molar-refractivity contribution is 7.20. The lowest BCUT2D eigenvalue weighted by Gasteiger charge is -1.94. The summed E-state index contributed by atoms with van der Waals surface area (Å²) in [7, 11) is 0. The predicted octanol–water partition coefficient (Wildman–Crippen LogP) is 3.05. The van der Waals surface area contributed by atoms with E-state index < -0.39 is 0 Å². The maximum atomic E-state index is 5.90. The molecule has 1 heterocycles. The summed E-state index contributed by atoms with van der Waals surface area (Å²) in [6.45, 7) is 0. The number of nitrogen functional groups attached to an aromatic ring is 1.